The Morgan fingerprint density at radius 3 is 2.77 bits per heavy atom. The van der Waals surface area contributed by atoms with Crippen molar-refractivity contribution >= 4 is 0 Å². The van der Waals surface area contributed by atoms with Gasteiger partial charge in [0.2, 0.25) is 0 Å². The second-order valence-corrected chi connectivity index (χ2v) is 6.06. The van der Waals surface area contributed by atoms with Crippen molar-refractivity contribution in [3.63, 3.8) is 0 Å². The van der Waals surface area contributed by atoms with Gasteiger partial charge in [-0.05, 0) is 51.7 Å². The fourth-order valence-corrected chi connectivity index (χ4v) is 2.82. The van der Waals surface area contributed by atoms with Crippen LogP contribution in [0.3, 0.4) is 0 Å². The van der Waals surface area contributed by atoms with Crippen molar-refractivity contribution in [1.82, 2.24) is 10.3 Å². The molecule has 124 valence electrons. The summed E-state index contributed by atoms with van der Waals surface area (Å²) in [5, 5.41) is 3.31. The number of pyridine rings is 1. The molecule has 0 saturated heterocycles. The molecule has 2 unspecified atom stereocenters. The van der Waals surface area contributed by atoms with Gasteiger partial charge in [-0.3, -0.25) is 0 Å². The molecule has 22 heavy (non-hydrogen) atoms. The highest BCUT2D eigenvalue weighted by Crippen LogP contribution is 2.27. The van der Waals surface area contributed by atoms with Gasteiger partial charge in [-0.2, -0.15) is 13.2 Å². The van der Waals surface area contributed by atoms with Gasteiger partial charge in [0.15, 0.2) is 0 Å². The van der Waals surface area contributed by atoms with Crippen LogP contribution in [-0.4, -0.2) is 23.2 Å². The van der Waals surface area contributed by atoms with E-state index in [4.69, 9.17) is 4.74 Å². The topological polar surface area (TPSA) is 34.1 Å². The van der Waals surface area contributed by atoms with Crippen molar-refractivity contribution in [3.8, 4) is 0 Å². The van der Waals surface area contributed by atoms with Crippen molar-refractivity contribution < 1.29 is 17.9 Å². The van der Waals surface area contributed by atoms with E-state index < -0.39 is 11.9 Å². The van der Waals surface area contributed by atoms with Gasteiger partial charge in [0.1, 0.15) is 5.69 Å². The fraction of sp³-hybridized carbons (Fsp3) is 0.688. The average molecular weight is 316 g/mol. The number of hydrogen-bond donors (Lipinski definition) is 1. The van der Waals surface area contributed by atoms with Crippen LogP contribution < -0.4 is 5.32 Å². The zero-order valence-electron chi connectivity index (χ0n) is 13.0. The monoisotopic (exact) mass is 316 g/mol. The van der Waals surface area contributed by atoms with Gasteiger partial charge >= 0.3 is 6.18 Å². The first-order valence-electron chi connectivity index (χ1n) is 7.76. The minimum Gasteiger partial charge on any atom is -0.376 e. The van der Waals surface area contributed by atoms with Crippen LogP contribution in [0.2, 0.25) is 0 Å². The van der Waals surface area contributed by atoms with Crippen LogP contribution in [0.5, 0.6) is 0 Å². The highest BCUT2D eigenvalue weighted by Gasteiger charge is 2.32. The number of hydrogen-bond acceptors (Lipinski definition) is 3. The van der Waals surface area contributed by atoms with Gasteiger partial charge in [-0.1, -0.05) is 6.07 Å². The molecular weight excluding hydrogens is 293 g/mol. The lowest BCUT2D eigenvalue weighted by Crippen LogP contribution is -2.37. The standard InChI is InChI=1S/C16H23F3N2O/c1-11(2)22-14-7-3-5-12(9-14)20-10-13-6-4-8-15(21-13)16(17,18)19/h4,6,8,11-12,14,20H,3,5,7,9-10H2,1-2H3. The molecule has 0 radical (unpaired) electrons. The van der Waals surface area contributed by atoms with Gasteiger partial charge in [-0.25, -0.2) is 4.98 Å². The molecule has 0 spiro atoms. The maximum atomic E-state index is 12.6. The smallest absolute Gasteiger partial charge is 0.376 e. The lowest BCUT2D eigenvalue weighted by atomic mass is 9.92. The Balaban J connectivity index is 1.87. The molecule has 0 amide bonds. The summed E-state index contributed by atoms with van der Waals surface area (Å²) in [7, 11) is 0. The first-order chi connectivity index (χ1) is 10.3. The maximum Gasteiger partial charge on any atom is 0.433 e. The summed E-state index contributed by atoms with van der Waals surface area (Å²) in [6.45, 7) is 4.39. The molecule has 1 saturated carbocycles. The molecule has 6 heteroatoms. The van der Waals surface area contributed by atoms with E-state index in [2.05, 4.69) is 10.3 Å². The summed E-state index contributed by atoms with van der Waals surface area (Å²) < 4.78 is 43.7. The van der Waals surface area contributed by atoms with E-state index >= 15 is 0 Å². The summed E-state index contributed by atoms with van der Waals surface area (Å²) in [6.07, 6.45) is 0.101. The Kier molecular flexibility index (Phi) is 5.81. The number of aromatic nitrogens is 1. The molecule has 2 rings (SSSR count). The van der Waals surface area contributed by atoms with Crippen LogP contribution in [0.15, 0.2) is 18.2 Å². The molecule has 0 bridgehead atoms. The zero-order chi connectivity index (χ0) is 16.2. The number of alkyl halides is 3. The van der Waals surface area contributed by atoms with Crippen molar-refractivity contribution in [1.29, 1.82) is 0 Å². The van der Waals surface area contributed by atoms with Crippen LogP contribution in [0.25, 0.3) is 0 Å². The number of rotatable bonds is 5. The molecule has 1 N–H and O–H groups in total. The highest BCUT2D eigenvalue weighted by molar-refractivity contribution is 5.13. The van der Waals surface area contributed by atoms with Gasteiger partial charge in [-0.15, -0.1) is 0 Å². The third-order valence-electron chi connectivity index (χ3n) is 3.76. The summed E-state index contributed by atoms with van der Waals surface area (Å²) >= 11 is 0. The summed E-state index contributed by atoms with van der Waals surface area (Å²) in [5.41, 5.74) is -0.418. The summed E-state index contributed by atoms with van der Waals surface area (Å²) in [5.74, 6) is 0. The van der Waals surface area contributed by atoms with E-state index in [1.54, 1.807) is 6.07 Å². The predicted molar refractivity (Wildman–Crippen MR) is 78.3 cm³/mol. The number of nitrogens with one attached hydrogen (secondary N) is 1. The van der Waals surface area contributed by atoms with E-state index in [9.17, 15) is 13.2 Å². The van der Waals surface area contributed by atoms with E-state index in [-0.39, 0.29) is 18.2 Å². The first kappa shape index (κ1) is 17.2. The largest absolute Gasteiger partial charge is 0.433 e. The molecule has 1 aromatic rings. The van der Waals surface area contributed by atoms with E-state index in [1.807, 2.05) is 13.8 Å². The van der Waals surface area contributed by atoms with E-state index in [1.165, 1.54) is 6.07 Å². The minimum absolute atomic E-state index is 0.203. The molecule has 1 aromatic heterocycles. The minimum atomic E-state index is -4.39. The van der Waals surface area contributed by atoms with Gasteiger partial charge in [0.05, 0.1) is 17.9 Å². The van der Waals surface area contributed by atoms with Gasteiger partial charge in [0, 0.05) is 12.6 Å². The molecule has 0 aromatic carbocycles. The molecule has 0 aliphatic heterocycles. The maximum absolute atomic E-state index is 12.6. The Hall–Kier alpha value is -1.14. The fourth-order valence-electron chi connectivity index (χ4n) is 2.82. The second kappa shape index (κ2) is 7.42. The van der Waals surface area contributed by atoms with Crippen molar-refractivity contribution in [2.75, 3.05) is 0 Å². The quantitative estimate of drug-likeness (QED) is 0.894. The molecule has 1 aliphatic rings. The Morgan fingerprint density at radius 2 is 2.09 bits per heavy atom. The average Bonchev–Trinajstić information content (AvgIpc) is 2.44. The van der Waals surface area contributed by atoms with Crippen LogP contribution >= 0.6 is 0 Å². The van der Waals surface area contributed by atoms with Crippen LogP contribution in [0.4, 0.5) is 13.2 Å². The van der Waals surface area contributed by atoms with E-state index in [0.29, 0.717) is 12.2 Å². The molecule has 1 heterocycles. The normalized spacial score (nSPS) is 23.0. The third-order valence-corrected chi connectivity index (χ3v) is 3.76. The van der Waals surface area contributed by atoms with Crippen molar-refractivity contribution in [2.45, 2.75) is 70.5 Å². The van der Waals surface area contributed by atoms with Crippen LogP contribution in [0.1, 0.15) is 50.9 Å². The first-order valence-corrected chi connectivity index (χ1v) is 7.76. The zero-order valence-corrected chi connectivity index (χ0v) is 13.0. The second-order valence-electron chi connectivity index (χ2n) is 6.06. The Morgan fingerprint density at radius 1 is 1.32 bits per heavy atom. The van der Waals surface area contributed by atoms with Gasteiger partial charge < -0.3 is 10.1 Å². The third kappa shape index (κ3) is 5.25. The number of ether oxygens (including phenoxy) is 1. The van der Waals surface area contributed by atoms with Crippen LogP contribution in [0, 0.1) is 0 Å². The predicted octanol–water partition coefficient (Wildman–Crippen LogP) is 3.93. The van der Waals surface area contributed by atoms with Crippen molar-refractivity contribution in [3.05, 3.63) is 29.6 Å². The molecular formula is C16H23F3N2O. The molecule has 1 fully saturated rings. The summed E-state index contributed by atoms with van der Waals surface area (Å²) in [4.78, 5) is 3.68. The Bertz CT molecular complexity index is 477. The molecule has 1 aliphatic carbocycles. The van der Waals surface area contributed by atoms with Gasteiger partial charge in [0.25, 0.3) is 0 Å². The van der Waals surface area contributed by atoms with Crippen LogP contribution in [-0.2, 0) is 17.5 Å². The lowest BCUT2D eigenvalue weighted by Gasteiger charge is -2.31. The van der Waals surface area contributed by atoms with E-state index in [0.717, 1.165) is 31.7 Å². The SMILES string of the molecule is CC(C)OC1CCCC(NCc2cccc(C(F)(F)F)n2)C1. The molecule has 3 nitrogen and oxygen atoms in total. The number of nitrogens with zero attached hydrogens (tertiary/aromatic N) is 1. The number of halogens is 3. The Labute approximate surface area is 129 Å². The summed E-state index contributed by atoms with van der Waals surface area (Å²) in [6, 6.07) is 4.29. The lowest BCUT2D eigenvalue weighted by molar-refractivity contribution is -0.141. The van der Waals surface area contributed by atoms with Crippen molar-refractivity contribution in [2.24, 2.45) is 0 Å². The molecule has 2 atom stereocenters. The highest BCUT2D eigenvalue weighted by atomic mass is 19.4.